The summed E-state index contributed by atoms with van der Waals surface area (Å²) in [6.45, 7) is 1.05. The molecule has 0 saturated carbocycles. The Morgan fingerprint density at radius 1 is 1.44 bits per heavy atom. The van der Waals surface area contributed by atoms with E-state index < -0.39 is 29.3 Å². The highest BCUT2D eigenvalue weighted by Crippen LogP contribution is 2.38. The van der Waals surface area contributed by atoms with Crippen molar-refractivity contribution < 1.29 is 20.4 Å². The highest BCUT2D eigenvalue weighted by atomic mass is 16.3. The first-order valence-electron chi connectivity index (χ1n) is 5.57. The van der Waals surface area contributed by atoms with Crippen LogP contribution < -0.4 is 10.9 Å². The molecule has 4 atom stereocenters. The summed E-state index contributed by atoms with van der Waals surface area (Å²) >= 11 is 0. The van der Waals surface area contributed by atoms with E-state index in [1.807, 2.05) is 0 Å². The molecule has 18 heavy (non-hydrogen) atoms. The average Bonchev–Trinajstić information content (AvgIpc) is 2.52. The molecule has 2 heterocycles. The third kappa shape index (κ3) is 1.91. The number of H-pyrrole nitrogens is 1. The number of hydrogen-bond acceptors (Lipinski definition) is 6. The van der Waals surface area contributed by atoms with Crippen molar-refractivity contribution in [3.8, 4) is 5.88 Å². The van der Waals surface area contributed by atoms with E-state index in [4.69, 9.17) is 5.11 Å². The Balaban J connectivity index is 2.42. The third-order valence-corrected chi connectivity index (χ3v) is 3.38. The molecule has 0 spiro atoms. The molecule has 1 aliphatic heterocycles. The monoisotopic (exact) mass is 256 g/mol. The number of pyridine rings is 1. The minimum atomic E-state index is -1.57. The zero-order chi connectivity index (χ0) is 13.5. The fourth-order valence-electron chi connectivity index (χ4n) is 2.32. The molecule has 1 saturated heterocycles. The van der Waals surface area contributed by atoms with Gasteiger partial charge in [-0.15, -0.1) is 0 Å². The van der Waals surface area contributed by atoms with E-state index in [0.717, 1.165) is 0 Å². The van der Waals surface area contributed by atoms with Gasteiger partial charge in [0.2, 0.25) is 0 Å². The molecule has 0 amide bonds. The van der Waals surface area contributed by atoms with Gasteiger partial charge >= 0.3 is 0 Å². The summed E-state index contributed by atoms with van der Waals surface area (Å²) in [4.78, 5) is 13.2. The van der Waals surface area contributed by atoms with Crippen molar-refractivity contribution in [2.45, 2.75) is 30.7 Å². The van der Waals surface area contributed by atoms with Crippen LogP contribution in [-0.4, -0.2) is 49.8 Å². The molecule has 1 aromatic heterocycles. The summed E-state index contributed by atoms with van der Waals surface area (Å²) in [5, 5.41) is 41.7. The van der Waals surface area contributed by atoms with Gasteiger partial charge in [0.15, 0.2) is 5.88 Å². The van der Waals surface area contributed by atoms with Crippen LogP contribution in [0.4, 0.5) is 0 Å². The SMILES string of the molecule is C[C@@]1(O)[C@H](O)[C@@H](CO)N[C@H]1c1ccc(=O)[nH]c1O. The van der Waals surface area contributed by atoms with Crippen LogP contribution in [0.2, 0.25) is 0 Å². The van der Waals surface area contributed by atoms with Crippen molar-refractivity contribution >= 4 is 0 Å². The molecule has 100 valence electrons. The number of aromatic nitrogens is 1. The van der Waals surface area contributed by atoms with E-state index in [9.17, 15) is 20.1 Å². The lowest BCUT2D eigenvalue weighted by Crippen LogP contribution is -2.43. The number of aliphatic hydroxyl groups is 3. The van der Waals surface area contributed by atoms with Gasteiger partial charge in [-0.3, -0.25) is 15.1 Å². The lowest BCUT2D eigenvalue weighted by Gasteiger charge is -2.28. The molecule has 7 heteroatoms. The van der Waals surface area contributed by atoms with Gasteiger partial charge in [0, 0.05) is 11.6 Å². The molecule has 0 unspecified atom stereocenters. The molecule has 2 rings (SSSR count). The van der Waals surface area contributed by atoms with E-state index in [2.05, 4.69) is 10.3 Å². The van der Waals surface area contributed by atoms with E-state index in [1.165, 1.54) is 19.1 Å². The third-order valence-electron chi connectivity index (χ3n) is 3.38. The number of aliphatic hydroxyl groups excluding tert-OH is 2. The van der Waals surface area contributed by atoms with Crippen LogP contribution in [0.25, 0.3) is 0 Å². The summed E-state index contributed by atoms with van der Waals surface area (Å²) in [5.41, 5.74) is -1.77. The van der Waals surface area contributed by atoms with E-state index in [0.29, 0.717) is 0 Å². The normalized spacial score (nSPS) is 35.9. The Morgan fingerprint density at radius 2 is 2.11 bits per heavy atom. The molecule has 7 nitrogen and oxygen atoms in total. The standard InChI is InChI=1S/C11H16N2O5/c1-11(18)8(12-6(4-14)9(11)16)5-2-3-7(15)13-10(5)17/h2-3,6,8-9,12,14,16,18H,4H2,1H3,(H2,13,15,17)/t6-,8+,9-,11+/m1/s1. The summed E-state index contributed by atoms with van der Waals surface area (Å²) in [6.07, 6.45) is -1.18. The van der Waals surface area contributed by atoms with E-state index >= 15 is 0 Å². The Morgan fingerprint density at radius 3 is 2.61 bits per heavy atom. The second kappa shape index (κ2) is 4.36. The lowest BCUT2D eigenvalue weighted by molar-refractivity contribution is -0.0580. The highest BCUT2D eigenvalue weighted by molar-refractivity contribution is 5.32. The maximum atomic E-state index is 11.0. The van der Waals surface area contributed by atoms with Gasteiger partial charge in [-0.2, -0.15) is 0 Å². The number of rotatable bonds is 2. The first kappa shape index (κ1) is 13.0. The summed E-state index contributed by atoms with van der Waals surface area (Å²) < 4.78 is 0. The van der Waals surface area contributed by atoms with Gasteiger partial charge < -0.3 is 20.4 Å². The molecule has 0 bridgehead atoms. The molecule has 6 N–H and O–H groups in total. The zero-order valence-corrected chi connectivity index (χ0v) is 9.79. The van der Waals surface area contributed by atoms with E-state index in [1.54, 1.807) is 0 Å². The Bertz CT molecular complexity index is 498. The summed E-state index contributed by atoms with van der Waals surface area (Å²) in [5.74, 6) is -0.369. The fourth-order valence-corrected chi connectivity index (χ4v) is 2.32. The highest BCUT2D eigenvalue weighted by Gasteiger charge is 2.51. The van der Waals surface area contributed by atoms with Crippen LogP contribution in [0.15, 0.2) is 16.9 Å². The van der Waals surface area contributed by atoms with E-state index in [-0.39, 0.29) is 18.1 Å². The van der Waals surface area contributed by atoms with Crippen LogP contribution in [0.1, 0.15) is 18.5 Å². The Kier molecular flexibility index (Phi) is 3.16. The first-order valence-corrected chi connectivity index (χ1v) is 5.57. The summed E-state index contributed by atoms with van der Waals surface area (Å²) in [6, 6.07) is 1.09. The Hall–Kier alpha value is -1.41. The quantitative estimate of drug-likeness (QED) is 0.371. The molecular weight excluding hydrogens is 240 g/mol. The van der Waals surface area contributed by atoms with Crippen LogP contribution in [0.5, 0.6) is 5.88 Å². The van der Waals surface area contributed by atoms with Crippen molar-refractivity contribution in [3.63, 3.8) is 0 Å². The number of aromatic hydroxyl groups is 1. The molecule has 1 aliphatic rings. The van der Waals surface area contributed by atoms with Crippen LogP contribution in [0, 0.1) is 0 Å². The number of aromatic amines is 1. The van der Waals surface area contributed by atoms with Crippen molar-refractivity contribution in [2.24, 2.45) is 0 Å². The number of hydrogen-bond donors (Lipinski definition) is 6. The van der Waals surface area contributed by atoms with Crippen molar-refractivity contribution in [1.82, 2.24) is 10.3 Å². The second-order valence-electron chi connectivity index (χ2n) is 4.69. The van der Waals surface area contributed by atoms with Crippen molar-refractivity contribution in [1.29, 1.82) is 0 Å². The lowest BCUT2D eigenvalue weighted by atomic mass is 9.89. The van der Waals surface area contributed by atoms with Gasteiger partial charge in [-0.05, 0) is 13.0 Å². The smallest absolute Gasteiger partial charge is 0.250 e. The molecule has 1 aromatic rings. The van der Waals surface area contributed by atoms with Gasteiger partial charge in [-0.25, -0.2) is 0 Å². The maximum Gasteiger partial charge on any atom is 0.250 e. The predicted octanol–water partition coefficient (Wildman–Crippen LogP) is -1.80. The predicted molar refractivity (Wildman–Crippen MR) is 62.1 cm³/mol. The molecule has 0 aliphatic carbocycles. The van der Waals surface area contributed by atoms with Gasteiger partial charge in [0.05, 0.1) is 18.7 Å². The van der Waals surface area contributed by atoms with Gasteiger partial charge in [0.1, 0.15) is 11.7 Å². The minimum absolute atomic E-state index is 0.259. The van der Waals surface area contributed by atoms with Crippen LogP contribution >= 0.6 is 0 Å². The van der Waals surface area contributed by atoms with Crippen molar-refractivity contribution in [2.75, 3.05) is 6.61 Å². The fraction of sp³-hybridized carbons (Fsp3) is 0.545. The van der Waals surface area contributed by atoms with Gasteiger partial charge in [0.25, 0.3) is 5.56 Å². The molecule has 1 fully saturated rings. The van der Waals surface area contributed by atoms with Crippen LogP contribution in [-0.2, 0) is 0 Å². The zero-order valence-electron chi connectivity index (χ0n) is 9.79. The average molecular weight is 256 g/mol. The molecule has 0 radical (unpaired) electrons. The number of nitrogens with one attached hydrogen (secondary N) is 2. The minimum Gasteiger partial charge on any atom is -0.494 e. The Labute approximate surface area is 103 Å². The molecule has 0 aromatic carbocycles. The second-order valence-corrected chi connectivity index (χ2v) is 4.69. The largest absolute Gasteiger partial charge is 0.494 e. The van der Waals surface area contributed by atoms with Gasteiger partial charge in [-0.1, -0.05) is 0 Å². The van der Waals surface area contributed by atoms with Crippen LogP contribution in [0.3, 0.4) is 0 Å². The molecular formula is C11H16N2O5. The maximum absolute atomic E-state index is 11.0. The summed E-state index contributed by atoms with van der Waals surface area (Å²) in [7, 11) is 0. The van der Waals surface area contributed by atoms with Crippen molar-refractivity contribution in [3.05, 3.63) is 28.0 Å². The topological polar surface area (TPSA) is 126 Å². The first-order chi connectivity index (χ1) is 8.37.